The van der Waals surface area contributed by atoms with Crippen molar-refractivity contribution in [1.29, 1.82) is 0 Å². The van der Waals surface area contributed by atoms with Gasteiger partial charge in [0.25, 0.3) is 0 Å². The molecule has 1 aliphatic heterocycles. The zero-order chi connectivity index (χ0) is 21.9. The molecule has 30 heavy (non-hydrogen) atoms. The highest BCUT2D eigenvalue weighted by Crippen LogP contribution is 2.26. The Kier molecular flexibility index (Phi) is 6.53. The molecule has 2 atom stereocenters. The molecule has 7 nitrogen and oxygen atoms in total. The highest BCUT2D eigenvalue weighted by molar-refractivity contribution is 5.88. The first kappa shape index (κ1) is 21.9. The van der Waals surface area contributed by atoms with E-state index < -0.39 is 12.2 Å². The number of benzene rings is 1. The molecular formula is C22H30FN5O2. The third-order valence-electron chi connectivity index (χ3n) is 5.32. The topological polar surface area (TPSA) is 80.1 Å². The highest BCUT2D eigenvalue weighted by atomic mass is 19.1. The molecule has 1 fully saturated rings. The third kappa shape index (κ3) is 5.43. The minimum absolute atomic E-state index is 0.00514. The second-order valence-electron chi connectivity index (χ2n) is 9.15. The summed E-state index contributed by atoms with van der Waals surface area (Å²) in [5.41, 5.74) is 2.73. The van der Waals surface area contributed by atoms with Crippen LogP contribution >= 0.6 is 0 Å². The quantitative estimate of drug-likeness (QED) is 0.787. The molecule has 0 spiro atoms. The summed E-state index contributed by atoms with van der Waals surface area (Å²) in [4.78, 5) is 30.9. The molecule has 1 aromatic carbocycles. The molecule has 8 heteroatoms. The standard InChI is InChI=1S/C22H30FN5O2/c1-15-5-6-18(28-14-24-13-26-28)16(9-15)11-25-21(30)19-10-17(23)12-27(19)20(29)7-8-22(2,3)4/h5-6,9,13-14,17,19H,7-8,10-12H2,1-4H3,(H,25,30)/t17-,19?/m1/s1. The van der Waals surface area contributed by atoms with Crippen LogP contribution in [0.1, 0.15) is 51.2 Å². The van der Waals surface area contributed by atoms with E-state index in [1.165, 1.54) is 11.2 Å². The molecule has 2 amide bonds. The smallest absolute Gasteiger partial charge is 0.243 e. The Morgan fingerprint density at radius 1 is 1.30 bits per heavy atom. The lowest BCUT2D eigenvalue weighted by atomic mass is 9.90. The van der Waals surface area contributed by atoms with E-state index in [1.807, 2.05) is 25.1 Å². The van der Waals surface area contributed by atoms with Crippen LogP contribution in [0.4, 0.5) is 4.39 Å². The average Bonchev–Trinajstić information content (AvgIpc) is 3.33. The molecule has 0 aliphatic carbocycles. The highest BCUT2D eigenvalue weighted by Gasteiger charge is 2.39. The Labute approximate surface area is 176 Å². The molecule has 1 saturated heterocycles. The summed E-state index contributed by atoms with van der Waals surface area (Å²) in [6.07, 6.45) is 2.91. The molecule has 2 heterocycles. The maximum Gasteiger partial charge on any atom is 0.243 e. The van der Waals surface area contributed by atoms with Crippen LogP contribution in [0.15, 0.2) is 30.9 Å². The van der Waals surface area contributed by atoms with E-state index in [1.54, 1.807) is 11.0 Å². The van der Waals surface area contributed by atoms with Crippen molar-refractivity contribution in [2.24, 2.45) is 5.41 Å². The van der Waals surface area contributed by atoms with Crippen LogP contribution in [-0.2, 0) is 16.1 Å². The molecule has 1 N–H and O–H groups in total. The fraction of sp³-hybridized carbons (Fsp3) is 0.545. The third-order valence-corrected chi connectivity index (χ3v) is 5.32. The maximum atomic E-state index is 14.1. The van der Waals surface area contributed by atoms with Crippen LogP contribution in [0, 0.1) is 12.3 Å². The van der Waals surface area contributed by atoms with Crippen molar-refractivity contribution in [3.63, 3.8) is 0 Å². The minimum Gasteiger partial charge on any atom is -0.350 e. The predicted molar refractivity (Wildman–Crippen MR) is 112 cm³/mol. The van der Waals surface area contributed by atoms with Crippen LogP contribution in [0.3, 0.4) is 0 Å². The lowest BCUT2D eigenvalue weighted by Crippen LogP contribution is -2.46. The van der Waals surface area contributed by atoms with Gasteiger partial charge >= 0.3 is 0 Å². The lowest BCUT2D eigenvalue weighted by Gasteiger charge is -2.25. The summed E-state index contributed by atoms with van der Waals surface area (Å²) in [5.74, 6) is -0.491. The van der Waals surface area contributed by atoms with Gasteiger partial charge in [0.2, 0.25) is 11.8 Å². The average molecular weight is 416 g/mol. The molecule has 0 bridgehead atoms. The van der Waals surface area contributed by atoms with Gasteiger partial charge in [-0.2, -0.15) is 5.10 Å². The summed E-state index contributed by atoms with van der Waals surface area (Å²) in [7, 11) is 0. The van der Waals surface area contributed by atoms with Gasteiger partial charge in [0.15, 0.2) is 0 Å². The van der Waals surface area contributed by atoms with E-state index in [9.17, 15) is 14.0 Å². The number of alkyl halides is 1. The van der Waals surface area contributed by atoms with Crippen molar-refractivity contribution in [2.75, 3.05) is 6.54 Å². The second kappa shape index (κ2) is 8.93. The Morgan fingerprint density at radius 3 is 2.73 bits per heavy atom. The Bertz CT molecular complexity index is 891. The molecule has 1 aromatic heterocycles. The number of likely N-dealkylation sites (tertiary alicyclic amines) is 1. The summed E-state index contributed by atoms with van der Waals surface area (Å²) < 4.78 is 15.7. The molecule has 1 unspecified atom stereocenters. The summed E-state index contributed by atoms with van der Waals surface area (Å²) >= 11 is 0. The van der Waals surface area contributed by atoms with E-state index in [0.29, 0.717) is 12.8 Å². The van der Waals surface area contributed by atoms with Gasteiger partial charge in [-0.25, -0.2) is 14.1 Å². The van der Waals surface area contributed by atoms with Crippen molar-refractivity contribution in [2.45, 2.75) is 65.7 Å². The maximum absolute atomic E-state index is 14.1. The number of amides is 2. The second-order valence-corrected chi connectivity index (χ2v) is 9.15. The normalized spacial score (nSPS) is 19.2. The molecular weight excluding hydrogens is 385 g/mol. The first-order valence-electron chi connectivity index (χ1n) is 10.3. The van der Waals surface area contributed by atoms with Gasteiger partial charge in [-0.3, -0.25) is 9.59 Å². The summed E-state index contributed by atoms with van der Waals surface area (Å²) in [6, 6.07) is 5.08. The van der Waals surface area contributed by atoms with Crippen molar-refractivity contribution in [3.05, 3.63) is 42.0 Å². The molecule has 0 saturated carbocycles. The van der Waals surface area contributed by atoms with E-state index in [4.69, 9.17) is 0 Å². The monoisotopic (exact) mass is 415 g/mol. The number of nitrogens with one attached hydrogen (secondary N) is 1. The molecule has 162 valence electrons. The summed E-state index contributed by atoms with van der Waals surface area (Å²) in [5, 5.41) is 7.04. The number of aryl methyl sites for hydroxylation is 1. The molecule has 2 aromatic rings. The van der Waals surface area contributed by atoms with Crippen LogP contribution in [0.2, 0.25) is 0 Å². The van der Waals surface area contributed by atoms with Crippen molar-refractivity contribution >= 4 is 11.8 Å². The number of carbonyl (C=O) groups excluding carboxylic acids is 2. The van der Waals surface area contributed by atoms with Crippen LogP contribution in [0.5, 0.6) is 0 Å². The number of hydrogen-bond donors (Lipinski definition) is 1. The van der Waals surface area contributed by atoms with Gasteiger partial charge in [0.05, 0.1) is 12.2 Å². The zero-order valence-electron chi connectivity index (χ0n) is 18.1. The summed E-state index contributed by atoms with van der Waals surface area (Å²) in [6.45, 7) is 8.38. The van der Waals surface area contributed by atoms with Gasteiger partial charge in [-0.15, -0.1) is 0 Å². The number of nitrogens with zero attached hydrogens (tertiary/aromatic N) is 4. The number of halogens is 1. The SMILES string of the molecule is Cc1ccc(-n2cncn2)c(CNC(=O)C2C[C@@H](F)CN2C(=O)CCC(C)(C)C)c1. The van der Waals surface area contributed by atoms with Crippen molar-refractivity contribution in [3.8, 4) is 5.69 Å². The molecule has 3 rings (SSSR count). The number of hydrogen-bond acceptors (Lipinski definition) is 4. The first-order valence-corrected chi connectivity index (χ1v) is 10.3. The Morgan fingerprint density at radius 2 is 2.07 bits per heavy atom. The van der Waals surface area contributed by atoms with E-state index in [0.717, 1.165) is 16.8 Å². The fourth-order valence-electron chi connectivity index (χ4n) is 3.65. The van der Waals surface area contributed by atoms with Crippen molar-refractivity contribution < 1.29 is 14.0 Å². The van der Waals surface area contributed by atoms with Gasteiger partial charge in [-0.1, -0.05) is 38.5 Å². The minimum atomic E-state index is -1.18. The van der Waals surface area contributed by atoms with Crippen LogP contribution < -0.4 is 5.32 Å². The van der Waals surface area contributed by atoms with Crippen molar-refractivity contribution in [1.82, 2.24) is 25.0 Å². The Balaban J connectivity index is 1.68. The van der Waals surface area contributed by atoms with E-state index in [2.05, 4.69) is 36.2 Å². The first-order chi connectivity index (χ1) is 14.1. The molecule has 0 radical (unpaired) electrons. The number of aromatic nitrogens is 3. The van der Waals surface area contributed by atoms with E-state index in [-0.39, 0.29) is 36.7 Å². The van der Waals surface area contributed by atoms with E-state index >= 15 is 0 Å². The Hall–Kier alpha value is -2.77. The van der Waals surface area contributed by atoms with Gasteiger partial charge in [-0.05, 0) is 30.4 Å². The lowest BCUT2D eigenvalue weighted by molar-refractivity contribution is -0.138. The zero-order valence-corrected chi connectivity index (χ0v) is 18.1. The van der Waals surface area contributed by atoms with Gasteiger partial charge < -0.3 is 10.2 Å². The number of rotatable bonds is 6. The van der Waals surface area contributed by atoms with Crippen LogP contribution in [0.25, 0.3) is 5.69 Å². The van der Waals surface area contributed by atoms with Crippen LogP contribution in [-0.4, -0.2) is 50.2 Å². The fourth-order valence-corrected chi connectivity index (χ4v) is 3.65. The van der Waals surface area contributed by atoms with Gasteiger partial charge in [0.1, 0.15) is 24.9 Å². The molecule has 1 aliphatic rings. The number of carbonyl (C=O) groups is 2. The largest absolute Gasteiger partial charge is 0.350 e. The predicted octanol–water partition coefficient (Wildman–Crippen LogP) is 2.96. The van der Waals surface area contributed by atoms with Gasteiger partial charge in [0, 0.05) is 19.4 Å².